The van der Waals surface area contributed by atoms with E-state index in [1.165, 1.54) is 4.57 Å². The fraction of sp³-hybridized carbons (Fsp3) is 0.190. The van der Waals surface area contributed by atoms with Gasteiger partial charge in [-0.15, -0.1) is 0 Å². The normalized spacial score (nSPS) is 13.2. The monoisotopic (exact) mass is 410 g/mol. The van der Waals surface area contributed by atoms with Gasteiger partial charge in [0.05, 0.1) is 16.3 Å². The average Bonchev–Trinajstić information content (AvgIpc) is 3.44. The quantitative estimate of drug-likeness (QED) is 0.602. The SMILES string of the molecule is Cc1c[nH]c(=O)n1-c1ccc(C(=O)Nc2ccc(C(=O)NC3CC3)c(Cl)c2)cc1. The molecule has 8 heteroatoms. The van der Waals surface area contributed by atoms with Crippen LogP contribution in [0.5, 0.6) is 0 Å². The summed E-state index contributed by atoms with van der Waals surface area (Å²) in [5.41, 5.74) is 2.51. The van der Waals surface area contributed by atoms with Gasteiger partial charge in [0.25, 0.3) is 11.8 Å². The zero-order chi connectivity index (χ0) is 20.5. The zero-order valence-corrected chi connectivity index (χ0v) is 16.4. The summed E-state index contributed by atoms with van der Waals surface area (Å²) < 4.78 is 1.52. The minimum atomic E-state index is -0.319. The number of hydrogen-bond donors (Lipinski definition) is 3. The van der Waals surface area contributed by atoms with Gasteiger partial charge in [-0.05, 0) is 62.2 Å². The van der Waals surface area contributed by atoms with E-state index in [1.807, 2.05) is 6.92 Å². The molecule has 1 heterocycles. The number of hydrogen-bond acceptors (Lipinski definition) is 3. The van der Waals surface area contributed by atoms with E-state index >= 15 is 0 Å². The molecule has 7 nitrogen and oxygen atoms in total. The third-order valence-corrected chi connectivity index (χ3v) is 5.04. The van der Waals surface area contributed by atoms with Crippen molar-refractivity contribution in [3.8, 4) is 5.69 Å². The van der Waals surface area contributed by atoms with Crippen molar-refractivity contribution < 1.29 is 9.59 Å². The number of nitrogens with one attached hydrogen (secondary N) is 3. The second kappa shape index (κ2) is 7.60. The van der Waals surface area contributed by atoms with Crippen molar-refractivity contribution in [2.75, 3.05) is 5.32 Å². The highest BCUT2D eigenvalue weighted by molar-refractivity contribution is 6.34. The molecule has 2 amide bonds. The predicted molar refractivity (Wildman–Crippen MR) is 111 cm³/mol. The number of anilines is 1. The Morgan fingerprint density at radius 2 is 1.83 bits per heavy atom. The zero-order valence-electron chi connectivity index (χ0n) is 15.7. The van der Waals surface area contributed by atoms with Crippen LogP contribution in [0.15, 0.2) is 53.5 Å². The molecule has 0 unspecified atom stereocenters. The summed E-state index contributed by atoms with van der Waals surface area (Å²) in [7, 11) is 0. The van der Waals surface area contributed by atoms with Crippen LogP contribution in [-0.4, -0.2) is 27.4 Å². The molecule has 0 aliphatic heterocycles. The van der Waals surface area contributed by atoms with Crippen LogP contribution < -0.4 is 16.3 Å². The van der Waals surface area contributed by atoms with Gasteiger partial charge in [-0.2, -0.15) is 0 Å². The number of aryl methyl sites for hydroxylation is 1. The smallest absolute Gasteiger partial charge is 0.330 e. The number of halogens is 1. The second-order valence-corrected chi connectivity index (χ2v) is 7.42. The van der Waals surface area contributed by atoms with Gasteiger partial charge in [-0.3, -0.25) is 14.2 Å². The van der Waals surface area contributed by atoms with Crippen LogP contribution in [0.3, 0.4) is 0 Å². The molecule has 148 valence electrons. The van der Waals surface area contributed by atoms with Gasteiger partial charge < -0.3 is 15.6 Å². The maximum atomic E-state index is 12.5. The van der Waals surface area contributed by atoms with E-state index in [-0.39, 0.29) is 28.6 Å². The van der Waals surface area contributed by atoms with Crippen molar-refractivity contribution in [3.05, 3.63) is 81.0 Å². The van der Waals surface area contributed by atoms with Crippen molar-refractivity contribution in [2.45, 2.75) is 25.8 Å². The highest BCUT2D eigenvalue weighted by Crippen LogP contribution is 2.24. The van der Waals surface area contributed by atoms with E-state index in [0.29, 0.717) is 22.5 Å². The molecular formula is C21H19ClN4O3. The predicted octanol–water partition coefficient (Wildman–Crippen LogP) is 3.27. The molecule has 1 aliphatic carbocycles. The van der Waals surface area contributed by atoms with Gasteiger partial charge in [0.15, 0.2) is 0 Å². The first-order chi connectivity index (χ1) is 13.9. The first-order valence-corrected chi connectivity index (χ1v) is 9.59. The lowest BCUT2D eigenvalue weighted by atomic mass is 10.1. The first kappa shape index (κ1) is 19.0. The van der Waals surface area contributed by atoms with Gasteiger partial charge in [0.1, 0.15) is 0 Å². The van der Waals surface area contributed by atoms with Gasteiger partial charge in [0.2, 0.25) is 0 Å². The average molecular weight is 411 g/mol. The molecular weight excluding hydrogens is 392 g/mol. The number of aromatic amines is 1. The van der Waals surface area contributed by atoms with E-state index in [2.05, 4.69) is 15.6 Å². The number of carbonyl (C=O) groups is 2. The van der Waals surface area contributed by atoms with Crippen LogP contribution in [0.25, 0.3) is 5.69 Å². The third-order valence-electron chi connectivity index (χ3n) is 4.73. The maximum absolute atomic E-state index is 12.5. The number of H-pyrrole nitrogens is 1. The van der Waals surface area contributed by atoms with Crippen molar-refractivity contribution in [2.24, 2.45) is 0 Å². The topological polar surface area (TPSA) is 96.0 Å². The minimum absolute atomic E-state index is 0.207. The third kappa shape index (κ3) is 4.09. The summed E-state index contributed by atoms with van der Waals surface area (Å²) >= 11 is 6.22. The Balaban J connectivity index is 1.47. The lowest BCUT2D eigenvalue weighted by Crippen LogP contribution is -2.25. The van der Waals surface area contributed by atoms with Gasteiger partial charge in [0, 0.05) is 29.2 Å². The van der Waals surface area contributed by atoms with Crippen LogP contribution in [0, 0.1) is 6.92 Å². The minimum Gasteiger partial charge on any atom is -0.349 e. The van der Waals surface area contributed by atoms with Crippen molar-refractivity contribution in [1.29, 1.82) is 0 Å². The molecule has 0 bridgehead atoms. The lowest BCUT2D eigenvalue weighted by molar-refractivity contribution is 0.0950. The summed E-state index contributed by atoms with van der Waals surface area (Å²) in [6, 6.07) is 11.7. The fourth-order valence-corrected chi connectivity index (χ4v) is 3.28. The van der Waals surface area contributed by atoms with Crippen LogP contribution in [0.2, 0.25) is 5.02 Å². The number of carbonyl (C=O) groups excluding carboxylic acids is 2. The van der Waals surface area contributed by atoms with Crippen molar-refractivity contribution in [1.82, 2.24) is 14.9 Å². The summed E-state index contributed by atoms with van der Waals surface area (Å²) in [5, 5.41) is 5.93. The number of imidazole rings is 1. The number of rotatable bonds is 5. The van der Waals surface area contributed by atoms with Crippen LogP contribution in [0.1, 0.15) is 39.3 Å². The van der Waals surface area contributed by atoms with Crippen molar-refractivity contribution >= 4 is 29.1 Å². The van der Waals surface area contributed by atoms with Crippen LogP contribution in [-0.2, 0) is 0 Å². The summed E-state index contributed by atoms with van der Waals surface area (Å²) in [6.07, 6.45) is 3.62. The van der Waals surface area contributed by atoms with Gasteiger partial charge in [-0.1, -0.05) is 11.6 Å². The molecule has 3 aromatic rings. The molecule has 0 saturated heterocycles. The van der Waals surface area contributed by atoms with E-state index in [4.69, 9.17) is 11.6 Å². The Hall–Kier alpha value is -3.32. The number of benzene rings is 2. The Labute approximate surface area is 171 Å². The second-order valence-electron chi connectivity index (χ2n) is 7.01. The number of amides is 2. The van der Waals surface area contributed by atoms with E-state index < -0.39 is 0 Å². The molecule has 0 atom stereocenters. The molecule has 29 heavy (non-hydrogen) atoms. The highest BCUT2D eigenvalue weighted by Gasteiger charge is 2.24. The lowest BCUT2D eigenvalue weighted by Gasteiger charge is -2.10. The molecule has 1 saturated carbocycles. The highest BCUT2D eigenvalue weighted by atomic mass is 35.5. The standard InChI is InChI=1S/C21H19ClN4O3/c1-12-11-23-21(29)26(12)16-7-2-13(3-8-16)19(27)25-15-6-9-17(18(22)10-15)20(28)24-14-4-5-14/h2-3,6-11,14H,4-5H2,1H3,(H,23,29)(H,24,28)(H,25,27). The fourth-order valence-electron chi connectivity index (χ4n) is 3.01. The largest absolute Gasteiger partial charge is 0.349 e. The first-order valence-electron chi connectivity index (χ1n) is 9.21. The Morgan fingerprint density at radius 1 is 1.10 bits per heavy atom. The maximum Gasteiger partial charge on any atom is 0.330 e. The number of nitrogens with zero attached hydrogens (tertiary/aromatic N) is 1. The molecule has 1 aliphatic rings. The Bertz CT molecular complexity index is 1140. The summed E-state index contributed by atoms with van der Waals surface area (Å²) in [5.74, 6) is -0.526. The summed E-state index contributed by atoms with van der Waals surface area (Å²) in [4.78, 5) is 39.1. The summed E-state index contributed by atoms with van der Waals surface area (Å²) in [6.45, 7) is 1.82. The van der Waals surface area contributed by atoms with E-state index in [9.17, 15) is 14.4 Å². The molecule has 4 rings (SSSR count). The molecule has 3 N–H and O–H groups in total. The molecule has 0 radical (unpaired) electrons. The Kier molecular flexibility index (Phi) is 4.98. The molecule has 1 aromatic heterocycles. The van der Waals surface area contributed by atoms with Gasteiger partial charge >= 0.3 is 5.69 Å². The van der Waals surface area contributed by atoms with Crippen LogP contribution in [0.4, 0.5) is 5.69 Å². The van der Waals surface area contributed by atoms with E-state index in [0.717, 1.165) is 18.5 Å². The van der Waals surface area contributed by atoms with Gasteiger partial charge in [-0.25, -0.2) is 4.79 Å². The molecule has 1 fully saturated rings. The molecule has 2 aromatic carbocycles. The van der Waals surface area contributed by atoms with Crippen LogP contribution >= 0.6 is 11.6 Å². The van der Waals surface area contributed by atoms with Crippen molar-refractivity contribution in [3.63, 3.8) is 0 Å². The Morgan fingerprint density at radius 3 is 2.41 bits per heavy atom. The van der Waals surface area contributed by atoms with E-state index in [1.54, 1.807) is 48.7 Å². The number of aromatic nitrogens is 2. The molecule has 0 spiro atoms.